The first-order valence-electron chi connectivity index (χ1n) is 4.81. The molecule has 2 N–H and O–H groups in total. The Morgan fingerprint density at radius 1 is 1.19 bits per heavy atom. The van der Waals surface area contributed by atoms with Crippen LogP contribution in [-0.2, 0) is 16.1 Å². The molecule has 1 amide bonds. The molecule has 0 saturated carbocycles. The van der Waals surface area contributed by atoms with Gasteiger partial charge < -0.3 is 10.4 Å². The molecule has 86 valence electrons. The Kier molecular flexibility index (Phi) is 4.98. The van der Waals surface area contributed by atoms with Crippen molar-refractivity contribution in [3.63, 3.8) is 0 Å². The van der Waals surface area contributed by atoms with Crippen LogP contribution in [0.3, 0.4) is 0 Å². The van der Waals surface area contributed by atoms with E-state index in [9.17, 15) is 9.59 Å². The number of halogens is 1. The average Bonchev–Trinajstić information content (AvgIpc) is 2.25. The van der Waals surface area contributed by atoms with Crippen molar-refractivity contribution >= 4 is 27.8 Å². The summed E-state index contributed by atoms with van der Waals surface area (Å²) in [7, 11) is 0. The largest absolute Gasteiger partial charge is 0.481 e. The molecule has 0 aliphatic rings. The van der Waals surface area contributed by atoms with E-state index in [1.807, 2.05) is 24.3 Å². The Labute approximate surface area is 102 Å². The van der Waals surface area contributed by atoms with E-state index in [2.05, 4.69) is 21.2 Å². The highest BCUT2D eigenvalue weighted by Crippen LogP contribution is 2.10. The molecule has 0 saturated heterocycles. The van der Waals surface area contributed by atoms with Crippen LogP contribution >= 0.6 is 15.9 Å². The van der Waals surface area contributed by atoms with Crippen molar-refractivity contribution in [3.05, 3.63) is 34.3 Å². The monoisotopic (exact) mass is 285 g/mol. The molecule has 1 aromatic rings. The van der Waals surface area contributed by atoms with Gasteiger partial charge in [0.2, 0.25) is 5.91 Å². The number of hydrogen-bond donors (Lipinski definition) is 2. The molecule has 1 aromatic carbocycles. The predicted octanol–water partition coefficient (Wildman–Crippen LogP) is 1.93. The summed E-state index contributed by atoms with van der Waals surface area (Å²) < 4.78 is 0.980. The zero-order valence-corrected chi connectivity index (χ0v) is 10.2. The van der Waals surface area contributed by atoms with Gasteiger partial charge in [-0.25, -0.2) is 0 Å². The Bertz CT molecular complexity index is 375. The topological polar surface area (TPSA) is 66.4 Å². The van der Waals surface area contributed by atoms with E-state index in [4.69, 9.17) is 5.11 Å². The highest BCUT2D eigenvalue weighted by atomic mass is 79.9. The zero-order valence-electron chi connectivity index (χ0n) is 8.57. The molecule has 0 unspecified atom stereocenters. The van der Waals surface area contributed by atoms with Gasteiger partial charge in [0.15, 0.2) is 0 Å². The fraction of sp³-hybridized carbons (Fsp3) is 0.273. The molecule has 0 atom stereocenters. The standard InChI is InChI=1S/C11H12BrNO3/c12-9-3-1-8(2-4-9)7-13-10(14)5-6-11(15)16/h1-4H,5-7H2,(H,13,14)(H,15,16). The van der Waals surface area contributed by atoms with E-state index in [1.165, 1.54) is 0 Å². The minimum atomic E-state index is -0.959. The number of nitrogens with one attached hydrogen (secondary N) is 1. The van der Waals surface area contributed by atoms with Crippen LogP contribution in [0.2, 0.25) is 0 Å². The van der Waals surface area contributed by atoms with Gasteiger partial charge in [0, 0.05) is 17.4 Å². The van der Waals surface area contributed by atoms with E-state index in [0.717, 1.165) is 10.0 Å². The van der Waals surface area contributed by atoms with Crippen molar-refractivity contribution in [2.75, 3.05) is 0 Å². The SMILES string of the molecule is O=C(O)CCC(=O)NCc1ccc(Br)cc1. The molecule has 0 radical (unpaired) electrons. The number of carboxylic acids is 1. The fourth-order valence-corrected chi connectivity index (χ4v) is 1.38. The lowest BCUT2D eigenvalue weighted by molar-refractivity contribution is -0.138. The number of carbonyl (C=O) groups is 2. The Morgan fingerprint density at radius 2 is 1.81 bits per heavy atom. The third-order valence-corrected chi connectivity index (χ3v) is 2.50. The van der Waals surface area contributed by atoms with E-state index in [-0.39, 0.29) is 18.7 Å². The number of rotatable bonds is 5. The summed E-state index contributed by atoms with van der Waals surface area (Å²) in [5.74, 6) is -1.20. The molecule has 1 rings (SSSR count). The Balaban J connectivity index is 2.31. The van der Waals surface area contributed by atoms with Crippen LogP contribution in [0.15, 0.2) is 28.7 Å². The van der Waals surface area contributed by atoms with Gasteiger partial charge in [-0.1, -0.05) is 28.1 Å². The first-order chi connectivity index (χ1) is 7.58. The average molecular weight is 286 g/mol. The summed E-state index contributed by atoms with van der Waals surface area (Å²) in [6, 6.07) is 7.56. The minimum Gasteiger partial charge on any atom is -0.481 e. The summed E-state index contributed by atoms with van der Waals surface area (Å²) in [4.78, 5) is 21.4. The number of carbonyl (C=O) groups excluding carboxylic acids is 1. The van der Waals surface area contributed by atoms with Crippen LogP contribution in [0, 0.1) is 0 Å². The van der Waals surface area contributed by atoms with Crippen molar-refractivity contribution in [2.24, 2.45) is 0 Å². The Hall–Kier alpha value is -1.36. The van der Waals surface area contributed by atoms with Gasteiger partial charge in [0.05, 0.1) is 6.42 Å². The molecule has 16 heavy (non-hydrogen) atoms. The minimum absolute atomic E-state index is 0.0197. The number of carboxylic acid groups (broad SMARTS) is 1. The van der Waals surface area contributed by atoms with Gasteiger partial charge in [-0.3, -0.25) is 9.59 Å². The molecule has 5 heteroatoms. The van der Waals surface area contributed by atoms with Crippen LogP contribution in [0.5, 0.6) is 0 Å². The van der Waals surface area contributed by atoms with Crippen molar-refractivity contribution in [1.82, 2.24) is 5.32 Å². The molecule has 0 aromatic heterocycles. The maximum absolute atomic E-state index is 11.2. The second-order valence-corrected chi connectivity index (χ2v) is 4.21. The van der Waals surface area contributed by atoms with Gasteiger partial charge in [0.1, 0.15) is 0 Å². The van der Waals surface area contributed by atoms with Crippen molar-refractivity contribution in [1.29, 1.82) is 0 Å². The molecule has 0 bridgehead atoms. The Morgan fingerprint density at radius 3 is 2.38 bits per heavy atom. The zero-order chi connectivity index (χ0) is 12.0. The van der Waals surface area contributed by atoms with Gasteiger partial charge in [-0.15, -0.1) is 0 Å². The molecular formula is C11H12BrNO3. The highest BCUT2D eigenvalue weighted by molar-refractivity contribution is 9.10. The van der Waals surface area contributed by atoms with E-state index in [0.29, 0.717) is 6.54 Å². The lowest BCUT2D eigenvalue weighted by atomic mass is 10.2. The molecule has 0 aliphatic carbocycles. The van der Waals surface area contributed by atoms with Crippen molar-refractivity contribution in [3.8, 4) is 0 Å². The summed E-state index contributed by atoms with van der Waals surface area (Å²) in [5.41, 5.74) is 0.979. The van der Waals surface area contributed by atoms with E-state index >= 15 is 0 Å². The first-order valence-corrected chi connectivity index (χ1v) is 5.60. The van der Waals surface area contributed by atoms with E-state index < -0.39 is 5.97 Å². The van der Waals surface area contributed by atoms with Crippen LogP contribution in [0.25, 0.3) is 0 Å². The second-order valence-electron chi connectivity index (χ2n) is 3.30. The normalized spacial score (nSPS) is 9.81. The molecule has 4 nitrogen and oxygen atoms in total. The van der Waals surface area contributed by atoms with Crippen LogP contribution in [0.1, 0.15) is 18.4 Å². The van der Waals surface area contributed by atoms with Gasteiger partial charge in [0.25, 0.3) is 0 Å². The lowest BCUT2D eigenvalue weighted by Crippen LogP contribution is -2.23. The predicted molar refractivity (Wildman–Crippen MR) is 62.9 cm³/mol. The molecule has 0 fully saturated rings. The highest BCUT2D eigenvalue weighted by Gasteiger charge is 2.04. The molecule has 0 aliphatic heterocycles. The molecular weight excluding hydrogens is 274 g/mol. The second kappa shape index (κ2) is 6.27. The number of benzene rings is 1. The molecule has 0 heterocycles. The molecule has 0 spiro atoms. The summed E-state index contributed by atoms with van der Waals surface area (Å²) in [6.45, 7) is 0.422. The number of aliphatic carboxylic acids is 1. The van der Waals surface area contributed by atoms with Gasteiger partial charge in [-0.2, -0.15) is 0 Å². The fourth-order valence-electron chi connectivity index (χ4n) is 1.11. The maximum Gasteiger partial charge on any atom is 0.303 e. The van der Waals surface area contributed by atoms with Crippen LogP contribution < -0.4 is 5.32 Å². The summed E-state index contributed by atoms with van der Waals surface area (Å²) in [5, 5.41) is 11.0. The number of hydrogen-bond acceptors (Lipinski definition) is 2. The smallest absolute Gasteiger partial charge is 0.303 e. The van der Waals surface area contributed by atoms with Gasteiger partial charge in [-0.05, 0) is 17.7 Å². The van der Waals surface area contributed by atoms with Crippen LogP contribution in [-0.4, -0.2) is 17.0 Å². The van der Waals surface area contributed by atoms with Gasteiger partial charge >= 0.3 is 5.97 Å². The quantitative estimate of drug-likeness (QED) is 0.869. The van der Waals surface area contributed by atoms with Crippen LogP contribution in [0.4, 0.5) is 0 Å². The van der Waals surface area contributed by atoms with Crippen molar-refractivity contribution in [2.45, 2.75) is 19.4 Å². The maximum atomic E-state index is 11.2. The summed E-state index contributed by atoms with van der Waals surface area (Å²) in [6.07, 6.45) is -0.113. The summed E-state index contributed by atoms with van der Waals surface area (Å²) >= 11 is 3.31. The van der Waals surface area contributed by atoms with Crippen molar-refractivity contribution < 1.29 is 14.7 Å². The first kappa shape index (κ1) is 12.7. The lowest BCUT2D eigenvalue weighted by Gasteiger charge is -2.04. The van der Waals surface area contributed by atoms with E-state index in [1.54, 1.807) is 0 Å². The third kappa shape index (κ3) is 4.93. The number of amides is 1. The third-order valence-electron chi connectivity index (χ3n) is 1.97.